The summed E-state index contributed by atoms with van der Waals surface area (Å²) in [5.74, 6) is -0.171. The van der Waals surface area contributed by atoms with Crippen LogP contribution >= 0.6 is 27.3 Å². The van der Waals surface area contributed by atoms with Gasteiger partial charge in [-0.3, -0.25) is 4.79 Å². The number of nitrogens with one attached hydrogen (secondary N) is 1. The number of carbonyl (C=O) groups excluding carboxylic acids is 1. The van der Waals surface area contributed by atoms with E-state index in [2.05, 4.69) is 27.3 Å². The molecule has 5 heteroatoms. The van der Waals surface area contributed by atoms with Gasteiger partial charge >= 0.3 is 0 Å². The lowest BCUT2D eigenvalue weighted by Gasteiger charge is -2.07. The van der Waals surface area contributed by atoms with Crippen LogP contribution in [0.15, 0.2) is 34.1 Å². The van der Waals surface area contributed by atoms with Gasteiger partial charge in [-0.2, -0.15) is 5.26 Å². The Morgan fingerprint density at radius 3 is 2.83 bits per heavy atom. The molecule has 0 unspecified atom stereocenters. The molecule has 0 fully saturated rings. The van der Waals surface area contributed by atoms with Crippen molar-refractivity contribution in [3.8, 4) is 6.07 Å². The summed E-state index contributed by atoms with van der Waals surface area (Å²) < 4.78 is 0.777. The second-order valence-corrected chi connectivity index (χ2v) is 5.46. The molecule has 0 aliphatic rings. The summed E-state index contributed by atoms with van der Waals surface area (Å²) in [5.41, 5.74) is 2.12. The van der Waals surface area contributed by atoms with Gasteiger partial charge in [-0.25, -0.2) is 0 Å². The van der Waals surface area contributed by atoms with Crippen molar-refractivity contribution in [1.82, 2.24) is 0 Å². The van der Waals surface area contributed by atoms with Crippen molar-refractivity contribution in [1.29, 1.82) is 5.26 Å². The van der Waals surface area contributed by atoms with Crippen molar-refractivity contribution in [2.45, 2.75) is 6.92 Å². The Morgan fingerprint density at radius 1 is 1.44 bits per heavy atom. The predicted octanol–water partition coefficient (Wildman–Crippen LogP) is 3.94. The van der Waals surface area contributed by atoms with E-state index in [0.29, 0.717) is 16.1 Å². The molecule has 1 aromatic carbocycles. The molecule has 2 aromatic rings. The zero-order valence-electron chi connectivity index (χ0n) is 9.53. The molecular weight excluding hydrogens is 312 g/mol. The van der Waals surface area contributed by atoms with E-state index in [4.69, 9.17) is 5.26 Å². The second-order valence-electron chi connectivity index (χ2n) is 3.69. The predicted molar refractivity (Wildman–Crippen MR) is 75.9 cm³/mol. The fourth-order valence-electron chi connectivity index (χ4n) is 1.46. The first-order valence-corrected chi connectivity index (χ1v) is 6.84. The number of hydrogen-bond donors (Lipinski definition) is 1. The third-order valence-corrected chi connectivity index (χ3v) is 4.27. The van der Waals surface area contributed by atoms with Crippen LogP contribution < -0.4 is 5.32 Å². The van der Waals surface area contributed by atoms with Crippen molar-refractivity contribution >= 4 is 38.9 Å². The third-order valence-electron chi connectivity index (χ3n) is 2.44. The molecular formula is C13H9BrN2OS. The molecule has 1 N–H and O–H groups in total. The maximum Gasteiger partial charge on any atom is 0.266 e. The maximum atomic E-state index is 12.0. The lowest BCUT2D eigenvalue weighted by atomic mass is 10.1. The van der Waals surface area contributed by atoms with E-state index < -0.39 is 0 Å². The number of aryl methyl sites for hydroxylation is 1. The lowest BCUT2D eigenvalue weighted by molar-refractivity contribution is 0.103. The minimum atomic E-state index is -0.171. The van der Waals surface area contributed by atoms with Gasteiger partial charge in [0.2, 0.25) is 0 Å². The summed E-state index contributed by atoms with van der Waals surface area (Å²) in [6, 6.07) is 9.11. The fourth-order valence-corrected chi connectivity index (χ4v) is 2.91. The van der Waals surface area contributed by atoms with Gasteiger partial charge in [0.15, 0.2) is 0 Å². The van der Waals surface area contributed by atoms with Crippen LogP contribution in [0.4, 0.5) is 5.69 Å². The number of rotatable bonds is 2. The van der Waals surface area contributed by atoms with Crippen LogP contribution in [-0.4, -0.2) is 5.91 Å². The van der Waals surface area contributed by atoms with Gasteiger partial charge < -0.3 is 5.32 Å². The van der Waals surface area contributed by atoms with E-state index in [-0.39, 0.29) is 5.91 Å². The minimum absolute atomic E-state index is 0.171. The smallest absolute Gasteiger partial charge is 0.266 e. The monoisotopic (exact) mass is 320 g/mol. The Morgan fingerprint density at radius 2 is 2.22 bits per heavy atom. The highest BCUT2D eigenvalue weighted by Gasteiger charge is 2.12. The number of anilines is 1. The Labute approximate surface area is 117 Å². The van der Waals surface area contributed by atoms with Gasteiger partial charge in [0.25, 0.3) is 5.91 Å². The third kappa shape index (κ3) is 2.61. The van der Waals surface area contributed by atoms with E-state index in [1.165, 1.54) is 11.3 Å². The topological polar surface area (TPSA) is 52.9 Å². The molecule has 0 aliphatic carbocycles. The number of hydrogen-bond acceptors (Lipinski definition) is 3. The molecule has 0 saturated heterocycles. The summed E-state index contributed by atoms with van der Waals surface area (Å²) in [5, 5.41) is 13.5. The molecule has 0 bridgehead atoms. The Hall–Kier alpha value is -1.64. The van der Waals surface area contributed by atoms with E-state index in [9.17, 15) is 4.79 Å². The molecule has 18 heavy (non-hydrogen) atoms. The fraction of sp³-hybridized carbons (Fsp3) is 0.0769. The second kappa shape index (κ2) is 5.34. The number of nitriles is 1. The van der Waals surface area contributed by atoms with E-state index >= 15 is 0 Å². The van der Waals surface area contributed by atoms with Gasteiger partial charge in [-0.05, 0) is 52.0 Å². The highest BCUT2D eigenvalue weighted by atomic mass is 79.9. The van der Waals surface area contributed by atoms with Crippen LogP contribution in [0.1, 0.15) is 20.8 Å². The summed E-state index contributed by atoms with van der Waals surface area (Å²) in [6.07, 6.45) is 0. The summed E-state index contributed by atoms with van der Waals surface area (Å²) in [4.78, 5) is 12.7. The zero-order chi connectivity index (χ0) is 13.1. The molecule has 0 atom stereocenters. The minimum Gasteiger partial charge on any atom is -0.321 e. The van der Waals surface area contributed by atoms with Gasteiger partial charge in [-0.1, -0.05) is 6.07 Å². The van der Waals surface area contributed by atoms with Crippen LogP contribution in [0.2, 0.25) is 0 Å². The van der Waals surface area contributed by atoms with Gasteiger partial charge in [0.1, 0.15) is 4.88 Å². The van der Waals surface area contributed by atoms with Crippen LogP contribution in [0.3, 0.4) is 0 Å². The molecule has 0 spiro atoms. The first kappa shape index (κ1) is 12.8. The van der Waals surface area contributed by atoms with Crippen LogP contribution in [0.25, 0.3) is 0 Å². The number of benzene rings is 1. The number of thiophene rings is 1. The zero-order valence-corrected chi connectivity index (χ0v) is 11.9. The molecule has 90 valence electrons. The quantitative estimate of drug-likeness (QED) is 0.911. The van der Waals surface area contributed by atoms with Crippen LogP contribution in [0, 0.1) is 18.3 Å². The van der Waals surface area contributed by atoms with Gasteiger partial charge in [0, 0.05) is 10.2 Å². The van der Waals surface area contributed by atoms with Gasteiger partial charge in [-0.15, -0.1) is 11.3 Å². The lowest BCUT2D eigenvalue weighted by Crippen LogP contribution is -2.11. The number of halogens is 1. The molecule has 3 nitrogen and oxygen atoms in total. The summed E-state index contributed by atoms with van der Waals surface area (Å²) in [6.45, 7) is 1.89. The Kier molecular flexibility index (Phi) is 3.80. The number of amides is 1. The summed E-state index contributed by atoms with van der Waals surface area (Å²) >= 11 is 4.69. The molecule has 1 aromatic heterocycles. The van der Waals surface area contributed by atoms with Crippen molar-refractivity contribution in [2.75, 3.05) is 5.32 Å². The van der Waals surface area contributed by atoms with Crippen LogP contribution in [-0.2, 0) is 0 Å². The van der Waals surface area contributed by atoms with Crippen molar-refractivity contribution < 1.29 is 4.79 Å². The highest BCUT2D eigenvalue weighted by Crippen LogP contribution is 2.25. The average molecular weight is 321 g/mol. The van der Waals surface area contributed by atoms with E-state index in [1.807, 2.05) is 24.4 Å². The molecule has 2 rings (SSSR count). The molecule has 0 radical (unpaired) electrons. The molecule has 1 heterocycles. The molecule has 1 amide bonds. The Balaban J connectivity index is 2.27. The van der Waals surface area contributed by atoms with Crippen molar-refractivity contribution in [3.63, 3.8) is 0 Å². The van der Waals surface area contributed by atoms with Crippen LogP contribution in [0.5, 0.6) is 0 Å². The van der Waals surface area contributed by atoms with E-state index in [1.54, 1.807) is 12.1 Å². The maximum absolute atomic E-state index is 12.0. The van der Waals surface area contributed by atoms with E-state index in [0.717, 1.165) is 10.0 Å². The van der Waals surface area contributed by atoms with Crippen molar-refractivity contribution in [2.24, 2.45) is 0 Å². The first-order chi connectivity index (χ1) is 8.61. The number of carbonyl (C=O) groups is 1. The number of nitrogens with zero attached hydrogens (tertiary/aromatic N) is 1. The molecule has 0 saturated carbocycles. The SMILES string of the molecule is Cc1ccc(C#N)cc1NC(=O)c1sccc1Br. The summed E-state index contributed by atoms with van der Waals surface area (Å²) in [7, 11) is 0. The van der Waals surface area contributed by atoms with Gasteiger partial charge in [0.05, 0.1) is 11.6 Å². The normalized spacial score (nSPS) is 9.83. The molecule has 0 aliphatic heterocycles. The highest BCUT2D eigenvalue weighted by molar-refractivity contribution is 9.10. The first-order valence-electron chi connectivity index (χ1n) is 5.17. The largest absolute Gasteiger partial charge is 0.321 e. The van der Waals surface area contributed by atoms with Crippen molar-refractivity contribution in [3.05, 3.63) is 50.1 Å². The Bertz CT molecular complexity index is 643. The standard InChI is InChI=1S/C13H9BrN2OS/c1-8-2-3-9(7-15)6-11(8)16-13(17)12-10(14)4-5-18-12/h2-6H,1H3,(H,16,17). The average Bonchev–Trinajstić information content (AvgIpc) is 2.78.